The molecule has 80 valence electrons. The van der Waals surface area contributed by atoms with Crippen molar-refractivity contribution in [2.45, 2.75) is 32.2 Å². The third-order valence-electron chi connectivity index (χ3n) is 1.99. The van der Waals surface area contributed by atoms with Gasteiger partial charge in [-0.1, -0.05) is 31.4 Å². The molecule has 1 atom stereocenters. The molecule has 0 aliphatic carbocycles. The van der Waals surface area contributed by atoms with Gasteiger partial charge < -0.3 is 11.1 Å². The number of anilines is 1. The van der Waals surface area contributed by atoms with Crippen LogP contribution >= 0.6 is 22.9 Å². The zero-order chi connectivity index (χ0) is 10.4. The predicted molar refractivity (Wildman–Crippen MR) is 63.1 cm³/mol. The summed E-state index contributed by atoms with van der Waals surface area (Å²) in [5.74, 6) is 0. The molecule has 3 N–H and O–H groups in total. The Kier molecular flexibility index (Phi) is 5.22. The van der Waals surface area contributed by atoms with Crippen LogP contribution in [-0.2, 0) is 0 Å². The van der Waals surface area contributed by atoms with Crippen molar-refractivity contribution in [3.8, 4) is 0 Å². The Balaban J connectivity index is 2.40. The molecule has 3 nitrogen and oxygen atoms in total. The molecule has 1 aromatic heterocycles. The first-order valence-electron chi connectivity index (χ1n) is 4.84. The molecule has 0 aromatic carbocycles. The van der Waals surface area contributed by atoms with Crippen LogP contribution in [-0.4, -0.2) is 17.6 Å². The smallest absolute Gasteiger partial charge is 0.184 e. The van der Waals surface area contributed by atoms with E-state index >= 15 is 0 Å². The maximum absolute atomic E-state index is 5.72. The van der Waals surface area contributed by atoms with Gasteiger partial charge in [-0.25, -0.2) is 4.98 Å². The fraction of sp³-hybridized carbons (Fsp3) is 0.667. The first kappa shape index (κ1) is 11.8. The summed E-state index contributed by atoms with van der Waals surface area (Å²) < 4.78 is 0. The van der Waals surface area contributed by atoms with E-state index in [4.69, 9.17) is 17.3 Å². The lowest BCUT2D eigenvalue weighted by Crippen LogP contribution is -2.28. The highest BCUT2D eigenvalue weighted by molar-refractivity contribution is 7.14. The SMILES string of the molecule is CCCCC(CN)Nc1nc(Cl)cs1. The molecule has 0 saturated heterocycles. The molecule has 1 rings (SSSR count). The Morgan fingerprint density at radius 2 is 2.50 bits per heavy atom. The van der Waals surface area contributed by atoms with Crippen LogP contribution in [0.3, 0.4) is 0 Å². The van der Waals surface area contributed by atoms with Crippen LogP contribution in [0.4, 0.5) is 5.13 Å². The molecule has 0 amide bonds. The summed E-state index contributed by atoms with van der Waals surface area (Å²) in [6.45, 7) is 2.81. The Morgan fingerprint density at radius 1 is 1.71 bits per heavy atom. The lowest BCUT2D eigenvalue weighted by atomic mass is 10.1. The van der Waals surface area contributed by atoms with Crippen molar-refractivity contribution in [3.05, 3.63) is 10.5 Å². The van der Waals surface area contributed by atoms with Gasteiger partial charge in [-0.05, 0) is 6.42 Å². The minimum atomic E-state index is 0.317. The maximum atomic E-state index is 5.72. The fourth-order valence-corrected chi connectivity index (χ4v) is 2.11. The number of rotatable bonds is 6. The van der Waals surface area contributed by atoms with Gasteiger partial charge in [-0.3, -0.25) is 0 Å². The van der Waals surface area contributed by atoms with E-state index in [9.17, 15) is 0 Å². The molecule has 0 spiro atoms. The molecule has 14 heavy (non-hydrogen) atoms. The third-order valence-corrected chi connectivity index (χ3v) is 3.09. The fourth-order valence-electron chi connectivity index (χ4n) is 1.19. The molecular weight excluding hydrogens is 218 g/mol. The van der Waals surface area contributed by atoms with E-state index in [-0.39, 0.29) is 0 Å². The van der Waals surface area contributed by atoms with Gasteiger partial charge in [0.15, 0.2) is 5.13 Å². The average molecular weight is 234 g/mol. The Labute approximate surface area is 93.7 Å². The lowest BCUT2D eigenvalue weighted by Gasteiger charge is -2.15. The molecule has 0 saturated carbocycles. The number of nitrogens with two attached hydrogens (primary N) is 1. The van der Waals surface area contributed by atoms with E-state index in [1.807, 2.05) is 5.38 Å². The Hall–Kier alpha value is -0.320. The number of hydrogen-bond acceptors (Lipinski definition) is 4. The van der Waals surface area contributed by atoms with Gasteiger partial charge in [0.2, 0.25) is 0 Å². The number of hydrogen-bond donors (Lipinski definition) is 2. The van der Waals surface area contributed by atoms with Crippen molar-refractivity contribution < 1.29 is 0 Å². The standard InChI is InChI=1S/C9H16ClN3S/c1-2-3-4-7(5-11)12-9-13-8(10)6-14-9/h6-7H,2-5,11H2,1H3,(H,12,13). The summed E-state index contributed by atoms with van der Waals surface area (Å²) in [6, 6.07) is 0.317. The second-order valence-corrected chi connectivity index (χ2v) is 4.44. The van der Waals surface area contributed by atoms with Crippen molar-refractivity contribution in [1.82, 2.24) is 4.98 Å². The Bertz CT molecular complexity index is 264. The molecule has 0 aliphatic heterocycles. The van der Waals surface area contributed by atoms with Gasteiger partial charge >= 0.3 is 0 Å². The normalized spacial score (nSPS) is 12.8. The highest BCUT2D eigenvalue weighted by Gasteiger charge is 2.07. The molecule has 1 aromatic rings. The molecule has 0 radical (unpaired) electrons. The summed E-state index contributed by atoms with van der Waals surface area (Å²) in [6.07, 6.45) is 3.47. The molecular formula is C9H16ClN3S. The van der Waals surface area contributed by atoms with Crippen LogP contribution in [0.5, 0.6) is 0 Å². The summed E-state index contributed by atoms with van der Waals surface area (Å²) in [5.41, 5.74) is 5.65. The van der Waals surface area contributed by atoms with Crippen LogP contribution in [0, 0.1) is 0 Å². The Morgan fingerprint density at radius 3 is 3.00 bits per heavy atom. The molecule has 0 aliphatic rings. The van der Waals surface area contributed by atoms with Crippen LogP contribution in [0.1, 0.15) is 26.2 Å². The zero-order valence-corrected chi connectivity index (χ0v) is 9.87. The minimum absolute atomic E-state index is 0.317. The molecule has 1 heterocycles. The molecule has 0 fully saturated rings. The highest BCUT2D eigenvalue weighted by atomic mass is 35.5. The van der Waals surface area contributed by atoms with Gasteiger partial charge in [0.1, 0.15) is 5.15 Å². The van der Waals surface area contributed by atoms with Gasteiger partial charge in [-0.15, -0.1) is 11.3 Å². The number of halogens is 1. The summed E-state index contributed by atoms with van der Waals surface area (Å²) in [5, 5.41) is 6.51. The van der Waals surface area contributed by atoms with E-state index in [1.165, 1.54) is 24.2 Å². The average Bonchev–Trinajstić information content (AvgIpc) is 2.58. The van der Waals surface area contributed by atoms with Crippen molar-refractivity contribution in [1.29, 1.82) is 0 Å². The zero-order valence-electron chi connectivity index (χ0n) is 8.29. The second kappa shape index (κ2) is 6.22. The predicted octanol–water partition coefficient (Wildman–Crippen LogP) is 2.73. The highest BCUT2D eigenvalue weighted by Crippen LogP contribution is 2.20. The quantitative estimate of drug-likeness (QED) is 0.795. The number of unbranched alkanes of at least 4 members (excludes halogenated alkanes) is 1. The summed E-state index contributed by atoms with van der Waals surface area (Å²) in [4.78, 5) is 4.12. The largest absolute Gasteiger partial charge is 0.357 e. The molecule has 5 heteroatoms. The van der Waals surface area contributed by atoms with Crippen molar-refractivity contribution >= 4 is 28.1 Å². The van der Waals surface area contributed by atoms with E-state index in [1.54, 1.807) is 0 Å². The van der Waals surface area contributed by atoms with Crippen LogP contribution in [0.15, 0.2) is 5.38 Å². The van der Waals surface area contributed by atoms with Gasteiger partial charge in [-0.2, -0.15) is 0 Å². The van der Waals surface area contributed by atoms with Gasteiger partial charge in [0.05, 0.1) is 0 Å². The van der Waals surface area contributed by atoms with E-state index in [0.29, 0.717) is 17.7 Å². The number of aromatic nitrogens is 1. The molecule has 1 unspecified atom stereocenters. The first-order valence-corrected chi connectivity index (χ1v) is 6.09. The number of thiazole rings is 1. The number of nitrogens with one attached hydrogen (secondary N) is 1. The van der Waals surface area contributed by atoms with Crippen LogP contribution < -0.4 is 11.1 Å². The van der Waals surface area contributed by atoms with Crippen molar-refractivity contribution in [3.63, 3.8) is 0 Å². The topological polar surface area (TPSA) is 50.9 Å². The van der Waals surface area contributed by atoms with Crippen molar-refractivity contribution in [2.75, 3.05) is 11.9 Å². The van der Waals surface area contributed by atoms with E-state index in [0.717, 1.165) is 11.6 Å². The van der Waals surface area contributed by atoms with E-state index in [2.05, 4.69) is 17.2 Å². The summed E-state index contributed by atoms with van der Waals surface area (Å²) >= 11 is 7.24. The second-order valence-electron chi connectivity index (χ2n) is 3.19. The summed E-state index contributed by atoms with van der Waals surface area (Å²) in [7, 11) is 0. The lowest BCUT2D eigenvalue weighted by molar-refractivity contribution is 0.614. The van der Waals surface area contributed by atoms with Crippen molar-refractivity contribution in [2.24, 2.45) is 5.73 Å². The minimum Gasteiger partial charge on any atom is -0.357 e. The third kappa shape index (κ3) is 3.82. The number of nitrogens with zero attached hydrogens (tertiary/aromatic N) is 1. The maximum Gasteiger partial charge on any atom is 0.184 e. The van der Waals surface area contributed by atoms with Crippen LogP contribution in [0.25, 0.3) is 0 Å². The first-order chi connectivity index (χ1) is 6.76. The van der Waals surface area contributed by atoms with Gasteiger partial charge in [0, 0.05) is 18.0 Å². The monoisotopic (exact) mass is 233 g/mol. The van der Waals surface area contributed by atoms with Gasteiger partial charge in [0.25, 0.3) is 0 Å². The van der Waals surface area contributed by atoms with Crippen LogP contribution in [0.2, 0.25) is 5.15 Å². The van der Waals surface area contributed by atoms with E-state index < -0.39 is 0 Å². The molecule has 0 bridgehead atoms.